The zero-order valence-corrected chi connectivity index (χ0v) is 22.6. The fraction of sp³-hybridized carbons (Fsp3) is 0.643. The fourth-order valence-corrected chi connectivity index (χ4v) is 7.80. The summed E-state index contributed by atoms with van der Waals surface area (Å²) in [5.41, 5.74) is 2.85. The van der Waals surface area contributed by atoms with E-state index in [1.807, 2.05) is 32.0 Å². The van der Waals surface area contributed by atoms with E-state index in [9.17, 15) is 9.59 Å². The second-order valence-corrected chi connectivity index (χ2v) is 12.4. The summed E-state index contributed by atoms with van der Waals surface area (Å²) in [6.07, 6.45) is 9.21. The van der Waals surface area contributed by atoms with Crippen LogP contribution in [0.5, 0.6) is 0 Å². The number of rotatable bonds is 10. The number of hydrogen-bond acceptors (Lipinski definition) is 5. The van der Waals surface area contributed by atoms with E-state index in [0.717, 1.165) is 84.2 Å². The van der Waals surface area contributed by atoms with Gasteiger partial charge in [0.15, 0.2) is 11.0 Å². The van der Waals surface area contributed by atoms with Crippen molar-refractivity contribution in [2.75, 3.05) is 11.1 Å². The summed E-state index contributed by atoms with van der Waals surface area (Å²) in [6, 6.07) is 6.05. The topological polar surface area (TPSA) is 88.9 Å². The van der Waals surface area contributed by atoms with Crippen molar-refractivity contribution in [1.82, 2.24) is 20.1 Å². The third-order valence-corrected chi connectivity index (χ3v) is 9.42. The molecule has 2 N–H and O–H groups in total. The Morgan fingerprint density at radius 2 is 1.78 bits per heavy atom. The van der Waals surface area contributed by atoms with Crippen molar-refractivity contribution in [3.8, 4) is 0 Å². The predicted molar refractivity (Wildman–Crippen MR) is 143 cm³/mol. The molecule has 2 aromatic rings. The van der Waals surface area contributed by atoms with Gasteiger partial charge in [0.25, 0.3) is 0 Å². The third kappa shape index (κ3) is 5.34. The Hall–Kier alpha value is -2.35. The van der Waals surface area contributed by atoms with Gasteiger partial charge >= 0.3 is 0 Å². The van der Waals surface area contributed by atoms with E-state index in [1.165, 1.54) is 31.0 Å². The summed E-state index contributed by atoms with van der Waals surface area (Å²) < 4.78 is 2.08. The van der Waals surface area contributed by atoms with Crippen LogP contribution in [0, 0.1) is 37.0 Å². The van der Waals surface area contributed by atoms with Gasteiger partial charge in [0.05, 0.1) is 12.3 Å². The first-order valence-corrected chi connectivity index (χ1v) is 14.5. The molecule has 0 saturated heterocycles. The molecule has 1 aromatic heterocycles. The number of carbonyl (C=O) groups excluding carboxylic acids is 2. The molecule has 6 rings (SSSR count). The SMILES string of the molecule is CCCCn1c(CNC(=O)C23CC4CC(CC(C4)C2)C3)nnc1SCC(=O)Nc1cc(C)ccc1C. The molecule has 36 heavy (non-hydrogen) atoms. The number of nitrogens with one attached hydrogen (secondary N) is 2. The number of benzene rings is 1. The highest BCUT2D eigenvalue weighted by Gasteiger charge is 2.54. The van der Waals surface area contributed by atoms with Crippen LogP contribution in [0.2, 0.25) is 0 Å². The van der Waals surface area contributed by atoms with Crippen LogP contribution in [0.1, 0.15) is 75.2 Å². The van der Waals surface area contributed by atoms with Crippen LogP contribution in [0.3, 0.4) is 0 Å². The first-order valence-electron chi connectivity index (χ1n) is 13.6. The molecule has 1 aromatic carbocycles. The van der Waals surface area contributed by atoms with Crippen LogP contribution < -0.4 is 10.6 Å². The standard InChI is InChI=1S/C28H39N5O2S/c1-4-5-8-33-24(16-29-26(35)28-13-20-10-21(14-28)12-22(11-20)15-28)31-32-27(33)36-17-25(34)30-23-9-18(2)6-7-19(23)3/h6-7,9,20-22H,4-5,8,10-17H2,1-3H3,(H,29,35)(H,30,34). The summed E-state index contributed by atoms with van der Waals surface area (Å²) in [5, 5.41) is 15.8. The highest BCUT2D eigenvalue weighted by atomic mass is 32.2. The lowest BCUT2D eigenvalue weighted by atomic mass is 9.49. The minimum Gasteiger partial charge on any atom is -0.348 e. The van der Waals surface area contributed by atoms with Gasteiger partial charge in [0.2, 0.25) is 11.8 Å². The normalized spacial score (nSPS) is 26.2. The summed E-state index contributed by atoms with van der Waals surface area (Å²) >= 11 is 1.40. The average molecular weight is 510 g/mol. The first kappa shape index (κ1) is 25.3. The van der Waals surface area contributed by atoms with Crippen LogP contribution in [0.15, 0.2) is 23.4 Å². The Labute approximate surface area is 218 Å². The van der Waals surface area contributed by atoms with E-state index in [4.69, 9.17) is 0 Å². The van der Waals surface area contributed by atoms with Crippen molar-refractivity contribution in [3.05, 3.63) is 35.2 Å². The van der Waals surface area contributed by atoms with Crippen molar-refractivity contribution >= 4 is 29.3 Å². The average Bonchev–Trinajstić information content (AvgIpc) is 3.22. The Morgan fingerprint density at radius 3 is 2.44 bits per heavy atom. The van der Waals surface area contributed by atoms with Gasteiger partial charge in [-0.15, -0.1) is 10.2 Å². The molecule has 0 aliphatic heterocycles. The highest BCUT2D eigenvalue weighted by Crippen LogP contribution is 2.60. The van der Waals surface area contributed by atoms with Gasteiger partial charge in [0.1, 0.15) is 0 Å². The molecule has 7 nitrogen and oxygen atoms in total. The lowest BCUT2D eigenvalue weighted by Crippen LogP contribution is -2.53. The van der Waals surface area contributed by atoms with Gasteiger partial charge in [-0.2, -0.15) is 0 Å². The largest absolute Gasteiger partial charge is 0.348 e. The van der Waals surface area contributed by atoms with E-state index < -0.39 is 0 Å². The minimum absolute atomic E-state index is 0.0598. The molecule has 8 heteroatoms. The van der Waals surface area contributed by atoms with Crippen molar-refractivity contribution in [2.24, 2.45) is 23.2 Å². The second-order valence-electron chi connectivity index (χ2n) is 11.4. The molecule has 4 bridgehead atoms. The number of nitrogens with zero attached hydrogens (tertiary/aromatic N) is 3. The monoisotopic (exact) mass is 509 g/mol. The second kappa shape index (κ2) is 10.6. The number of thioether (sulfide) groups is 1. The summed E-state index contributed by atoms with van der Waals surface area (Å²) in [6.45, 7) is 7.35. The van der Waals surface area contributed by atoms with Gasteiger partial charge in [-0.3, -0.25) is 9.59 Å². The first-order chi connectivity index (χ1) is 17.3. The van der Waals surface area contributed by atoms with Crippen LogP contribution in [0.25, 0.3) is 0 Å². The maximum absolute atomic E-state index is 13.4. The Morgan fingerprint density at radius 1 is 1.08 bits per heavy atom. The van der Waals surface area contributed by atoms with Crippen LogP contribution >= 0.6 is 11.8 Å². The fourth-order valence-electron chi connectivity index (χ4n) is 7.02. The van der Waals surface area contributed by atoms with Crippen molar-refractivity contribution in [1.29, 1.82) is 0 Å². The molecular weight excluding hydrogens is 470 g/mol. The number of unbranched alkanes of at least 4 members (excludes halogenated alkanes) is 1. The molecule has 194 valence electrons. The molecule has 2 amide bonds. The highest BCUT2D eigenvalue weighted by molar-refractivity contribution is 7.99. The summed E-state index contributed by atoms with van der Waals surface area (Å²) in [4.78, 5) is 26.1. The maximum Gasteiger partial charge on any atom is 0.234 e. The zero-order valence-electron chi connectivity index (χ0n) is 21.8. The molecule has 0 radical (unpaired) electrons. The molecule has 0 atom stereocenters. The quantitative estimate of drug-likeness (QED) is 0.427. The molecule has 0 spiro atoms. The number of anilines is 1. The van der Waals surface area contributed by atoms with E-state index in [2.05, 4.69) is 32.3 Å². The van der Waals surface area contributed by atoms with Gasteiger partial charge in [-0.1, -0.05) is 37.2 Å². The van der Waals surface area contributed by atoms with E-state index in [-0.39, 0.29) is 23.0 Å². The third-order valence-electron chi connectivity index (χ3n) is 8.46. The molecule has 4 saturated carbocycles. The Balaban J connectivity index is 1.21. The predicted octanol–water partition coefficient (Wildman–Crippen LogP) is 5.26. The van der Waals surface area contributed by atoms with E-state index in [0.29, 0.717) is 6.54 Å². The van der Waals surface area contributed by atoms with Crippen molar-refractivity contribution in [2.45, 2.75) is 90.4 Å². The van der Waals surface area contributed by atoms with Crippen LogP contribution in [-0.4, -0.2) is 32.3 Å². The molecular formula is C28H39N5O2S. The molecule has 4 aliphatic rings. The Bertz CT molecular complexity index is 1090. The lowest BCUT2D eigenvalue weighted by molar-refractivity contribution is -0.146. The Kier molecular flexibility index (Phi) is 7.42. The lowest BCUT2D eigenvalue weighted by Gasteiger charge is -2.55. The maximum atomic E-state index is 13.4. The summed E-state index contributed by atoms with van der Waals surface area (Å²) in [7, 11) is 0. The number of hydrogen-bond donors (Lipinski definition) is 2. The number of amides is 2. The zero-order chi connectivity index (χ0) is 25.3. The molecule has 1 heterocycles. The van der Waals surface area contributed by atoms with Crippen molar-refractivity contribution < 1.29 is 9.59 Å². The number of aryl methyl sites for hydroxylation is 2. The smallest absolute Gasteiger partial charge is 0.234 e. The van der Waals surface area contributed by atoms with Gasteiger partial charge < -0.3 is 15.2 Å². The molecule has 0 unspecified atom stereocenters. The van der Waals surface area contributed by atoms with E-state index >= 15 is 0 Å². The summed E-state index contributed by atoms with van der Waals surface area (Å²) in [5.74, 6) is 3.43. The van der Waals surface area contributed by atoms with Gasteiger partial charge in [0, 0.05) is 17.6 Å². The number of carbonyl (C=O) groups is 2. The van der Waals surface area contributed by atoms with E-state index in [1.54, 1.807) is 0 Å². The van der Waals surface area contributed by atoms with Crippen molar-refractivity contribution in [3.63, 3.8) is 0 Å². The molecule has 4 aliphatic carbocycles. The van der Waals surface area contributed by atoms with Crippen LogP contribution in [0.4, 0.5) is 5.69 Å². The minimum atomic E-state index is -0.160. The van der Waals surface area contributed by atoms with Gasteiger partial charge in [-0.25, -0.2) is 0 Å². The van der Waals surface area contributed by atoms with Gasteiger partial charge in [-0.05, 0) is 93.7 Å². The number of aromatic nitrogens is 3. The van der Waals surface area contributed by atoms with Crippen LogP contribution in [-0.2, 0) is 22.7 Å². The molecule has 4 fully saturated rings.